The van der Waals surface area contributed by atoms with Crippen LogP contribution in [0.15, 0.2) is 36.5 Å². The van der Waals surface area contributed by atoms with E-state index in [1.807, 2.05) is 26.8 Å². The molecule has 0 aromatic heterocycles. The van der Waals surface area contributed by atoms with Crippen LogP contribution in [0.2, 0.25) is 0 Å². The molecule has 0 fully saturated rings. The third kappa shape index (κ3) is 13.8. The molecule has 0 nitrogen and oxygen atoms in total. The summed E-state index contributed by atoms with van der Waals surface area (Å²) in [5.74, 6) is 0.720. The van der Waals surface area contributed by atoms with E-state index in [4.69, 9.17) is 0 Å². The quantitative estimate of drug-likeness (QED) is 0.529. The van der Waals surface area contributed by atoms with Gasteiger partial charge in [0.05, 0.1) is 0 Å². The zero-order valence-corrected chi connectivity index (χ0v) is 9.80. The topological polar surface area (TPSA) is 0 Å². The molecule has 0 aromatic carbocycles. The van der Waals surface area contributed by atoms with Crippen LogP contribution in [0.25, 0.3) is 0 Å². The molecule has 0 aliphatic carbocycles. The average molecular weight is 196 g/mol. The number of rotatable bonds is 4. The second-order valence-corrected chi connectivity index (χ2v) is 3.08. The highest BCUT2D eigenvalue weighted by molar-refractivity contribution is 5.22. The summed E-state index contributed by atoms with van der Waals surface area (Å²) in [6, 6.07) is 0. The molecule has 0 atom stereocenters. The Hall–Kier alpha value is -0.780. The summed E-state index contributed by atoms with van der Waals surface area (Å²) in [6.07, 6.45) is 9.26. The van der Waals surface area contributed by atoms with E-state index in [0.29, 0.717) is 0 Å². The maximum Gasteiger partial charge on any atom is -0.0256 e. The van der Waals surface area contributed by atoms with Gasteiger partial charge in [0.25, 0.3) is 0 Å². The molecule has 0 rings (SSSR count). The molecule has 84 valence electrons. The summed E-state index contributed by atoms with van der Waals surface area (Å²) in [5.41, 5.74) is 1.36. The third-order valence-corrected chi connectivity index (χ3v) is 1.36. The van der Waals surface area contributed by atoms with E-state index in [2.05, 4.69) is 38.7 Å². The molecule has 0 saturated heterocycles. The lowest BCUT2D eigenvalue weighted by atomic mass is 10.0. The van der Waals surface area contributed by atoms with Gasteiger partial charge in [-0.05, 0) is 24.8 Å². The van der Waals surface area contributed by atoms with Crippen LogP contribution in [0.3, 0.4) is 0 Å². The Bertz CT molecular complexity index is 159. The van der Waals surface area contributed by atoms with Crippen LogP contribution in [0, 0.1) is 5.92 Å². The zero-order chi connectivity index (χ0) is 10.7. The predicted molar refractivity (Wildman–Crippen MR) is 70.6 cm³/mol. The van der Waals surface area contributed by atoms with Crippen LogP contribution in [0.1, 0.15) is 48.5 Å². The van der Waals surface area contributed by atoms with Crippen LogP contribution in [-0.4, -0.2) is 0 Å². The lowest BCUT2D eigenvalue weighted by molar-refractivity contribution is 0.650. The first-order valence-corrected chi connectivity index (χ1v) is 5.15. The summed E-state index contributed by atoms with van der Waals surface area (Å²) >= 11 is 0. The Labute approximate surface area is 91.4 Å². The molecule has 0 amide bonds. The van der Waals surface area contributed by atoms with E-state index in [-0.39, 0.29) is 7.43 Å². The van der Waals surface area contributed by atoms with Gasteiger partial charge in [0.2, 0.25) is 0 Å². The van der Waals surface area contributed by atoms with Crippen molar-refractivity contribution in [2.24, 2.45) is 5.92 Å². The molecule has 0 bridgehead atoms. The SMILES string of the molecule is C.C=C/C=C(\C=C/C)CC(C)C.CC. The second kappa shape index (κ2) is 14.7. The third-order valence-electron chi connectivity index (χ3n) is 1.36. The van der Waals surface area contributed by atoms with Gasteiger partial charge in [0.1, 0.15) is 0 Å². The molecule has 0 aliphatic heterocycles. The Morgan fingerprint density at radius 1 is 1.29 bits per heavy atom. The highest BCUT2D eigenvalue weighted by Gasteiger charge is 1.95. The van der Waals surface area contributed by atoms with Crippen LogP contribution >= 0.6 is 0 Å². The molecule has 0 unspecified atom stereocenters. The van der Waals surface area contributed by atoms with E-state index < -0.39 is 0 Å². The van der Waals surface area contributed by atoms with Crippen molar-refractivity contribution in [3.8, 4) is 0 Å². The summed E-state index contributed by atoms with van der Waals surface area (Å²) in [5, 5.41) is 0. The summed E-state index contributed by atoms with van der Waals surface area (Å²) in [4.78, 5) is 0. The van der Waals surface area contributed by atoms with E-state index >= 15 is 0 Å². The lowest BCUT2D eigenvalue weighted by Gasteiger charge is -2.03. The number of hydrogen-bond acceptors (Lipinski definition) is 0. The molecule has 0 aromatic rings. The highest BCUT2D eigenvalue weighted by Crippen LogP contribution is 2.11. The van der Waals surface area contributed by atoms with E-state index in [1.54, 1.807) is 0 Å². The van der Waals surface area contributed by atoms with E-state index in [9.17, 15) is 0 Å². The van der Waals surface area contributed by atoms with Gasteiger partial charge < -0.3 is 0 Å². The molecule has 0 heterocycles. The molecule has 0 spiro atoms. The first-order chi connectivity index (χ1) is 6.20. The molecule has 0 aliphatic rings. The van der Waals surface area contributed by atoms with Gasteiger partial charge in [-0.15, -0.1) is 0 Å². The number of allylic oxidation sites excluding steroid dienone is 5. The minimum absolute atomic E-state index is 0. The van der Waals surface area contributed by atoms with Gasteiger partial charge >= 0.3 is 0 Å². The molecular weight excluding hydrogens is 168 g/mol. The summed E-state index contributed by atoms with van der Waals surface area (Å²) in [7, 11) is 0. The normalized spacial score (nSPS) is 10.6. The summed E-state index contributed by atoms with van der Waals surface area (Å²) < 4.78 is 0. The lowest BCUT2D eigenvalue weighted by Crippen LogP contribution is -1.88. The van der Waals surface area contributed by atoms with Crippen molar-refractivity contribution in [3.63, 3.8) is 0 Å². The average Bonchev–Trinajstić information content (AvgIpc) is 2.08. The Morgan fingerprint density at radius 2 is 1.79 bits per heavy atom. The fourth-order valence-electron chi connectivity index (χ4n) is 1.03. The molecule has 0 radical (unpaired) electrons. The smallest absolute Gasteiger partial charge is 0.0256 e. The van der Waals surface area contributed by atoms with Crippen LogP contribution < -0.4 is 0 Å². The highest BCUT2D eigenvalue weighted by atomic mass is 14.0. The standard InChI is InChI=1S/C11H18.C2H6.CH4/c1-5-7-11(8-6-2)9-10(3)4;1-2;/h5-8,10H,1,9H2,2-4H3;1-2H3;1H4/b8-6-,11-7+;;. The predicted octanol–water partition coefficient (Wildman–Crippen LogP) is 5.38. The first-order valence-electron chi connectivity index (χ1n) is 5.15. The van der Waals surface area contributed by atoms with Gasteiger partial charge in [-0.3, -0.25) is 0 Å². The van der Waals surface area contributed by atoms with Gasteiger partial charge in [0.15, 0.2) is 0 Å². The molecule has 0 saturated carbocycles. The van der Waals surface area contributed by atoms with Crippen molar-refractivity contribution >= 4 is 0 Å². The maximum absolute atomic E-state index is 3.68. The van der Waals surface area contributed by atoms with E-state index in [0.717, 1.165) is 12.3 Å². The first kappa shape index (κ1) is 18.9. The molecular formula is C14H28. The van der Waals surface area contributed by atoms with Crippen molar-refractivity contribution in [3.05, 3.63) is 36.5 Å². The van der Waals surface area contributed by atoms with Gasteiger partial charge in [0, 0.05) is 0 Å². The Morgan fingerprint density at radius 3 is 2.07 bits per heavy atom. The zero-order valence-electron chi connectivity index (χ0n) is 9.80. The maximum atomic E-state index is 3.68. The van der Waals surface area contributed by atoms with Crippen LogP contribution in [0.4, 0.5) is 0 Å². The minimum Gasteiger partial charge on any atom is -0.0991 e. The molecule has 0 N–H and O–H groups in total. The van der Waals surface area contributed by atoms with Crippen molar-refractivity contribution in [2.45, 2.75) is 48.5 Å². The van der Waals surface area contributed by atoms with E-state index in [1.165, 1.54) is 5.57 Å². The minimum atomic E-state index is 0. The Balaban J connectivity index is -0.000000376. The fraction of sp³-hybridized carbons (Fsp3) is 0.571. The van der Waals surface area contributed by atoms with Crippen molar-refractivity contribution in [2.75, 3.05) is 0 Å². The van der Waals surface area contributed by atoms with Crippen molar-refractivity contribution in [1.29, 1.82) is 0 Å². The second-order valence-electron chi connectivity index (χ2n) is 3.08. The van der Waals surface area contributed by atoms with Crippen LogP contribution in [-0.2, 0) is 0 Å². The van der Waals surface area contributed by atoms with Crippen molar-refractivity contribution < 1.29 is 0 Å². The van der Waals surface area contributed by atoms with Gasteiger partial charge in [-0.2, -0.15) is 0 Å². The largest absolute Gasteiger partial charge is 0.0991 e. The van der Waals surface area contributed by atoms with Crippen LogP contribution in [0.5, 0.6) is 0 Å². The monoisotopic (exact) mass is 196 g/mol. The molecule has 14 heavy (non-hydrogen) atoms. The van der Waals surface area contributed by atoms with Crippen molar-refractivity contribution in [1.82, 2.24) is 0 Å². The molecule has 0 heteroatoms. The van der Waals surface area contributed by atoms with Gasteiger partial charge in [-0.1, -0.05) is 66.0 Å². The number of hydrogen-bond donors (Lipinski definition) is 0. The van der Waals surface area contributed by atoms with Gasteiger partial charge in [-0.25, -0.2) is 0 Å². The Kier molecular flexibility index (Phi) is 19.9. The summed E-state index contributed by atoms with van der Waals surface area (Å²) in [6.45, 7) is 14.2. The fourth-order valence-corrected chi connectivity index (χ4v) is 1.03.